The van der Waals surface area contributed by atoms with Crippen LogP contribution >= 0.6 is 0 Å². The predicted molar refractivity (Wildman–Crippen MR) is 88.2 cm³/mol. The van der Waals surface area contributed by atoms with Crippen LogP contribution in [0.25, 0.3) is 16.8 Å². The van der Waals surface area contributed by atoms with Crippen molar-refractivity contribution in [2.75, 3.05) is 0 Å². The number of nitrogens with zero attached hydrogens (tertiary/aromatic N) is 3. The average molecular weight is 279 g/mol. The number of rotatable bonds is 4. The number of azo groups is 1. The van der Waals surface area contributed by atoms with E-state index in [9.17, 15) is 0 Å². The minimum Gasteiger partial charge on any atom is -0.254 e. The summed E-state index contributed by atoms with van der Waals surface area (Å²) in [4.78, 5) is 4.44. The number of pyridine rings is 1. The van der Waals surface area contributed by atoms with Crippen LogP contribution in [0.5, 0.6) is 0 Å². The molecule has 0 aliphatic rings. The third-order valence-electron chi connectivity index (χ3n) is 3.16. The van der Waals surface area contributed by atoms with E-state index < -0.39 is 0 Å². The zero-order valence-electron chi connectivity index (χ0n) is 13.1. The number of benzene rings is 1. The van der Waals surface area contributed by atoms with Gasteiger partial charge in [-0.3, -0.25) is 4.98 Å². The molecule has 2 aromatic rings. The van der Waals surface area contributed by atoms with Gasteiger partial charge >= 0.3 is 0 Å². The largest absolute Gasteiger partial charge is 0.254 e. The van der Waals surface area contributed by atoms with E-state index in [2.05, 4.69) is 59.9 Å². The summed E-state index contributed by atoms with van der Waals surface area (Å²) in [6, 6.07) is 10.6. The topological polar surface area (TPSA) is 37.6 Å². The van der Waals surface area contributed by atoms with Crippen molar-refractivity contribution in [2.45, 2.75) is 33.7 Å². The quantitative estimate of drug-likeness (QED) is 0.709. The molecule has 108 valence electrons. The molecule has 0 N–H and O–H groups in total. The van der Waals surface area contributed by atoms with Crippen LogP contribution in [0.3, 0.4) is 0 Å². The van der Waals surface area contributed by atoms with Gasteiger partial charge in [-0.15, -0.1) is 0 Å². The molecule has 1 aromatic heterocycles. The van der Waals surface area contributed by atoms with E-state index in [4.69, 9.17) is 0 Å². The summed E-state index contributed by atoms with van der Waals surface area (Å²) < 4.78 is 0. The lowest BCUT2D eigenvalue weighted by atomic mass is 10.00. The van der Waals surface area contributed by atoms with Crippen LogP contribution in [0.15, 0.2) is 53.3 Å². The summed E-state index contributed by atoms with van der Waals surface area (Å²) in [5, 5.41) is 8.18. The number of hydrogen-bond acceptors (Lipinski definition) is 3. The van der Waals surface area contributed by atoms with Gasteiger partial charge in [-0.25, -0.2) is 0 Å². The highest BCUT2D eigenvalue weighted by atomic mass is 15.1. The van der Waals surface area contributed by atoms with Crippen LogP contribution in [-0.2, 0) is 0 Å². The minimum atomic E-state index is 0.163. The van der Waals surface area contributed by atoms with E-state index in [1.54, 1.807) is 0 Å². The summed E-state index contributed by atoms with van der Waals surface area (Å²) in [7, 11) is 0. The van der Waals surface area contributed by atoms with Gasteiger partial charge in [0.1, 0.15) is 5.70 Å². The molecule has 2 rings (SSSR count). The predicted octanol–water partition coefficient (Wildman–Crippen LogP) is 5.20. The van der Waals surface area contributed by atoms with Gasteiger partial charge < -0.3 is 0 Å². The molecule has 1 heterocycles. The Morgan fingerprint density at radius 1 is 1.14 bits per heavy atom. The van der Waals surface area contributed by atoms with E-state index in [-0.39, 0.29) is 6.04 Å². The Bertz CT molecular complexity index is 667. The van der Waals surface area contributed by atoms with Gasteiger partial charge in [-0.2, -0.15) is 10.2 Å². The van der Waals surface area contributed by atoms with Gasteiger partial charge in [0.2, 0.25) is 0 Å². The summed E-state index contributed by atoms with van der Waals surface area (Å²) in [5.74, 6) is 0. The Morgan fingerprint density at radius 3 is 2.48 bits per heavy atom. The lowest BCUT2D eigenvalue weighted by Crippen LogP contribution is -1.90. The van der Waals surface area contributed by atoms with Crippen molar-refractivity contribution >= 4 is 5.70 Å². The maximum atomic E-state index is 4.44. The van der Waals surface area contributed by atoms with Crippen LogP contribution in [0.1, 0.15) is 30.7 Å². The second-order valence-electron chi connectivity index (χ2n) is 5.51. The summed E-state index contributed by atoms with van der Waals surface area (Å²) >= 11 is 0. The van der Waals surface area contributed by atoms with Gasteiger partial charge in [0.25, 0.3) is 0 Å². The Hall–Kier alpha value is -2.29. The second kappa shape index (κ2) is 6.44. The smallest absolute Gasteiger partial charge is 0.104 e. The van der Waals surface area contributed by atoms with Crippen LogP contribution in [0.4, 0.5) is 0 Å². The third kappa shape index (κ3) is 3.85. The van der Waals surface area contributed by atoms with Crippen molar-refractivity contribution in [3.63, 3.8) is 0 Å². The molecule has 0 saturated heterocycles. The SMILES string of the molecule is C=C(/N=N\C(C)C)c1ccc(-c2ccc(C)cc2C)cn1. The minimum absolute atomic E-state index is 0.163. The van der Waals surface area contributed by atoms with Crippen LogP contribution < -0.4 is 0 Å². The fourth-order valence-electron chi connectivity index (χ4n) is 2.10. The van der Waals surface area contributed by atoms with E-state index in [0.717, 1.165) is 11.3 Å². The number of aryl methyl sites for hydroxylation is 2. The fourth-order valence-corrected chi connectivity index (χ4v) is 2.10. The first-order valence-corrected chi connectivity index (χ1v) is 7.11. The van der Waals surface area contributed by atoms with Gasteiger partial charge in [-0.1, -0.05) is 36.4 Å². The van der Waals surface area contributed by atoms with Crippen molar-refractivity contribution in [1.82, 2.24) is 4.98 Å². The molecule has 0 radical (unpaired) electrons. The van der Waals surface area contributed by atoms with Gasteiger partial charge in [0.15, 0.2) is 0 Å². The van der Waals surface area contributed by atoms with E-state index >= 15 is 0 Å². The Kier molecular flexibility index (Phi) is 4.63. The molecule has 21 heavy (non-hydrogen) atoms. The maximum Gasteiger partial charge on any atom is 0.104 e. The first kappa shape index (κ1) is 15.1. The molecule has 0 amide bonds. The van der Waals surface area contributed by atoms with E-state index in [1.807, 2.05) is 26.1 Å². The molecule has 0 aliphatic carbocycles. The standard InChI is InChI=1S/C18H21N3/c1-12(2)20-21-15(5)18-9-7-16(11-19-18)17-8-6-13(3)10-14(17)4/h6-12H,5H2,1-4H3/b21-20-. The highest BCUT2D eigenvalue weighted by molar-refractivity contribution is 5.68. The molecular weight excluding hydrogens is 258 g/mol. The van der Waals surface area contributed by atoms with E-state index in [0.29, 0.717) is 5.70 Å². The highest BCUT2D eigenvalue weighted by Gasteiger charge is 2.04. The first-order valence-electron chi connectivity index (χ1n) is 7.11. The summed E-state index contributed by atoms with van der Waals surface area (Å²) in [5.41, 5.74) is 6.17. The molecule has 0 bridgehead atoms. The van der Waals surface area contributed by atoms with Gasteiger partial charge in [0.05, 0.1) is 11.7 Å². The molecule has 3 heteroatoms. The molecule has 0 aliphatic heterocycles. The zero-order valence-corrected chi connectivity index (χ0v) is 13.1. The Labute approximate surface area is 126 Å². The van der Waals surface area contributed by atoms with Gasteiger partial charge in [-0.05, 0) is 44.9 Å². The zero-order chi connectivity index (χ0) is 15.4. The summed E-state index contributed by atoms with van der Waals surface area (Å²) in [6.07, 6.45) is 1.86. The molecule has 0 fully saturated rings. The van der Waals surface area contributed by atoms with E-state index in [1.165, 1.54) is 16.7 Å². The van der Waals surface area contributed by atoms with Gasteiger partial charge in [0, 0.05) is 11.8 Å². The molecular formula is C18H21N3. The average Bonchev–Trinajstić information content (AvgIpc) is 2.45. The van der Waals surface area contributed by atoms with Crippen molar-refractivity contribution in [3.05, 3.63) is 59.9 Å². The van der Waals surface area contributed by atoms with Crippen molar-refractivity contribution < 1.29 is 0 Å². The lowest BCUT2D eigenvalue weighted by molar-refractivity contribution is 0.780. The van der Waals surface area contributed by atoms with Crippen molar-refractivity contribution in [2.24, 2.45) is 10.2 Å². The Morgan fingerprint density at radius 2 is 1.90 bits per heavy atom. The maximum absolute atomic E-state index is 4.44. The molecule has 0 saturated carbocycles. The molecule has 0 spiro atoms. The summed E-state index contributed by atoms with van der Waals surface area (Å²) in [6.45, 7) is 12.1. The monoisotopic (exact) mass is 279 g/mol. The molecule has 3 nitrogen and oxygen atoms in total. The van der Waals surface area contributed by atoms with Crippen molar-refractivity contribution in [1.29, 1.82) is 0 Å². The van der Waals surface area contributed by atoms with Crippen LogP contribution in [0.2, 0.25) is 0 Å². The molecule has 1 aromatic carbocycles. The number of hydrogen-bond donors (Lipinski definition) is 0. The Balaban J connectivity index is 2.24. The fraction of sp³-hybridized carbons (Fsp3) is 0.278. The first-order chi connectivity index (χ1) is 9.97. The molecule has 0 unspecified atom stereocenters. The number of aromatic nitrogens is 1. The third-order valence-corrected chi connectivity index (χ3v) is 3.16. The highest BCUT2D eigenvalue weighted by Crippen LogP contribution is 2.24. The van der Waals surface area contributed by atoms with Crippen molar-refractivity contribution in [3.8, 4) is 11.1 Å². The molecule has 0 atom stereocenters. The lowest BCUT2D eigenvalue weighted by Gasteiger charge is -2.07. The normalized spacial score (nSPS) is 11.3. The van der Waals surface area contributed by atoms with Crippen LogP contribution in [-0.4, -0.2) is 11.0 Å². The second-order valence-corrected chi connectivity index (χ2v) is 5.51. The van der Waals surface area contributed by atoms with Crippen LogP contribution in [0, 0.1) is 13.8 Å².